The molecule has 33 heavy (non-hydrogen) atoms. The van der Waals surface area contributed by atoms with Crippen molar-refractivity contribution >= 4 is 35.2 Å². The van der Waals surface area contributed by atoms with E-state index in [1.807, 2.05) is 62.7 Å². The first-order valence-corrected chi connectivity index (χ1v) is 12.1. The van der Waals surface area contributed by atoms with E-state index in [9.17, 15) is 9.59 Å². The molecule has 0 bridgehead atoms. The van der Waals surface area contributed by atoms with Crippen LogP contribution in [0.1, 0.15) is 54.6 Å². The Morgan fingerprint density at radius 2 is 1.67 bits per heavy atom. The number of nitrogens with zero attached hydrogens (tertiary/aromatic N) is 3. The molecular formula is C24H28ClN5O2S. The van der Waals surface area contributed by atoms with Gasteiger partial charge in [-0.2, -0.15) is 0 Å². The molecule has 2 amide bonds. The van der Waals surface area contributed by atoms with E-state index in [0.29, 0.717) is 21.6 Å². The van der Waals surface area contributed by atoms with E-state index in [2.05, 4.69) is 20.8 Å². The van der Waals surface area contributed by atoms with Gasteiger partial charge in [-0.05, 0) is 42.7 Å². The smallest absolute Gasteiger partial charge is 0.251 e. The minimum absolute atomic E-state index is 0.0806. The van der Waals surface area contributed by atoms with E-state index in [4.69, 9.17) is 11.6 Å². The van der Waals surface area contributed by atoms with E-state index in [1.54, 1.807) is 24.3 Å². The number of halogens is 1. The van der Waals surface area contributed by atoms with Crippen molar-refractivity contribution < 1.29 is 9.59 Å². The Kier molecular flexibility index (Phi) is 8.52. The topological polar surface area (TPSA) is 88.9 Å². The molecule has 2 aromatic carbocycles. The van der Waals surface area contributed by atoms with Gasteiger partial charge in [-0.1, -0.05) is 67.5 Å². The number of hydrogen-bond donors (Lipinski definition) is 2. The second-order valence-corrected chi connectivity index (χ2v) is 9.47. The average Bonchev–Trinajstić information content (AvgIpc) is 3.16. The molecule has 0 aliphatic rings. The number of carbonyl (C=O) groups is 2. The number of amides is 2. The lowest BCUT2D eigenvalue weighted by Gasteiger charge is -2.21. The minimum atomic E-state index is -0.341. The van der Waals surface area contributed by atoms with Gasteiger partial charge in [0.2, 0.25) is 5.91 Å². The Bertz CT molecular complexity index is 1090. The van der Waals surface area contributed by atoms with Gasteiger partial charge in [0.1, 0.15) is 0 Å². The van der Waals surface area contributed by atoms with Gasteiger partial charge in [-0.15, -0.1) is 10.2 Å². The van der Waals surface area contributed by atoms with Crippen molar-refractivity contribution in [2.45, 2.75) is 38.0 Å². The van der Waals surface area contributed by atoms with Crippen molar-refractivity contribution in [3.8, 4) is 0 Å². The second kappa shape index (κ2) is 11.3. The zero-order chi connectivity index (χ0) is 24.0. The van der Waals surface area contributed by atoms with Gasteiger partial charge in [0, 0.05) is 17.6 Å². The zero-order valence-corrected chi connectivity index (χ0v) is 20.7. The third-order valence-corrected chi connectivity index (χ3v) is 6.49. The van der Waals surface area contributed by atoms with E-state index >= 15 is 0 Å². The monoisotopic (exact) mass is 485 g/mol. The summed E-state index contributed by atoms with van der Waals surface area (Å²) >= 11 is 7.23. The number of benzene rings is 2. The number of rotatable bonds is 9. The summed E-state index contributed by atoms with van der Waals surface area (Å²) in [7, 11) is 1.84. The predicted octanol–water partition coefficient (Wildman–Crippen LogP) is 4.57. The summed E-state index contributed by atoms with van der Waals surface area (Å²) in [5, 5.41) is 15.8. The third-order valence-electron chi connectivity index (χ3n) is 5.22. The molecular weight excluding hydrogens is 458 g/mol. The molecule has 0 fully saturated rings. The quantitative estimate of drug-likeness (QED) is 0.433. The number of aromatic nitrogens is 3. The number of nitrogens with one attached hydrogen (secondary N) is 2. The second-order valence-electron chi connectivity index (χ2n) is 8.09. The van der Waals surface area contributed by atoms with Crippen LogP contribution in [-0.4, -0.2) is 32.3 Å². The van der Waals surface area contributed by atoms with Crippen LogP contribution in [0.15, 0.2) is 59.8 Å². The molecule has 0 aliphatic carbocycles. The van der Waals surface area contributed by atoms with Gasteiger partial charge in [0.15, 0.2) is 11.0 Å². The lowest BCUT2D eigenvalue weighted by atomic mass is 10.0. The molecule has 7 nitrogen and oxygen atoms in total. The fourth-order valence-electron chi connectivity index (χ4n) is 3.32. The third kappa shape index (κ3) is 6.58. The Morgan fingerprint density at radius 3 is 2.30 bits per heavy atom. The van der Waals surface area contributed by atoms with E-state index in [1.165, 1.54) is 11.8 Å². The van der Waals surface area contributed by atoms with Crippen molar-refractivity contribution in [2.75, 3.05) is 5.75 Å². The fourth-order valence-corrected chi connectivity index (χ4v) is 4.17. The lowest BCUT2D eigenvalue weighted by molar-refractivity contribution is -0.119. The molecule has 0 aliphatic heterocycles. The van der Waals surface area contributed by atoms with Gasteiger partial charge < -0.3 is 15.2 Å². The molecule has 0 spiro atoms. The summed E-state index contributed by atoms with van der Waals surface area (Å²) in [6.45, 7) is 5.97. The molecule has 174 valence electrons. The average molecular weight is 486 g/mol. The summed E-state index contributed by atoms with van der Waals surface area (Å²) in [5.41, 5.74) is 1.57. The van der Waals surface area contributed by atoms with Crippen LogP contribution in [-0.2, 0) is 11.8 Å². The first-order valence-electron chi connectivity index (χ1n) is 10.7. The van der Waals surface area contributed by atoms with E-state index in [-0.39, 0.29) is 35.6 Å². The molecule has 3 aromatic rings. The molecule has 1 aromatic heterocycles. The fraction of sp³-hybridized carbons (Fsp3) is 0.333. The number of carbonyl (C=O) groups excluding carboxylic acids is 2. The van der Waals surface area contributed by atoms with Crippen LogP contribution in [0.4, 0.5) is 0 Å². The molecule has 0 radical (unpaired) electrons. The molecule has 2 N–H and O–H groups in total. The summed E-state index contributed by atoms with van der Waals surface area (Å²) in [6.07, 6.45) is 0. The van der Waals surface area contributed by atoms with Gasteiger partial charge >= 0.3 is 0 Å². The minimum Gasteiger partial charge on any atom is -0.349 e. The molecule has 3 rings (SSSR count). The lowest BCUT2D eigenvalue weighted by Crippen LogP contribution is -2.33. The highest BCUT2D eigenvalue weighted by atomic mass is 35.5. The summed E-state index contributed by atoms with van der Waals surface area (Å²) in [4.78, 5) is 25.2. The summed E-state index contributed by atoms with van der Waals surface area (Å²) < 4.78 is 1.82. The molecule has 0 unspecified atom stereocenters. The maximum Gasteiger partial charge on any atom is 0.251 e. The highest BCUT2D eigenvalue weighted by Gasteiger charge is 2.25. The summed E-state index contributed by atoms with van der Waals surface area (Å²) in [5.74, 6) is 0.631. The molecule has 1 heterocycles. The Hall–Kier alpha value is -2.84. The molecule has 9 heteroatoms. The number of hydrogen-bond acceptors (Lipinski definition) is 5. The van der Waals surface area contributed by atoms with Crippen molar-refractivity contribution in [3.05, 3.63) is 76.6 Å². The largest absolute Gasteiger partial charge is 0.349 e. The van der Waals surface area contributed by atoms with E-state index < -0.39 is 0 Å². The van der Waals surface area contributed by atoms with Crippen molar-refractivity contribution in [1.29, 1.82) is 0 Å². The van der Waals surface area contributed by atoms with Crippen molar-refractivity contribution in [2.24, 2.45) is 13.0 Å². The Labute approximate surface area is 203 Å². The van der Waals surface area contributed by atoms with Gasteiger partial charge in [-0.25, -0.2) is 0 Å². The standard InChI is InChI=1S/C24H28ClN5O2S/c1-15(2)21(27-23(32)18-10-12-19(25)13-11-18)22-28-29-24(30(22)4)33-14-20(31)26-16(3)17-8-6-5-7-9-17/h5-13,15-16,21H,14H2,1-4H3,(H,26,31)(H,27,32)/t16-,21-/m1/s1. The van der Waals surface area contributed by atoms with Crippen LogP contribution >= 0.6 is 23.4 Å². The van der Waals surface area contributed by atoms with Gasteiger partial charge in [0.25, 0.3) is 5.91 Å². The van der Waals surface area contributed by atoms with Gasteiger partial charge in [-0.3, -0.25) is 9.59 Å². The van der Waals surface area contributed by atoms with Crippen LogP contribution < -0.4 is 10.6 Å². The molecule has 0 saturated heterocycles. The van der Waals surface area contributed by atoms with Crippen LogP contribution in [0.25, 0.3) is 0 Å². The van der Waals surface area contributed by atoms with Crippen LogP contribution in [0.2, 0.25) is 5.02 Å². The highest BCUT2D eigenvalue weighted by molar-refractivity contribution is 7.99. The van der Waals surface area contributed by atoms with Crippen molar-refractivity contribution in [3.63, 3.8) is 0 Å². The predicted molar refractivity (Wildman–Crippen MR) is 131 cm³/mol. The Balaban J connectivity index is 1.63. The maximum atomic E-state index is 12.7. The SMILES string of the molecule is CC(C)[C@@H](NC(=O)c1ccc(Cl)cc1)c1nnc(SCC(=O)N[C@H](C)c2ccccc2)n1C. The highest BCUT2D eigenvalue weighted by Crippen LogP contribution is 2.25. The van der Waals surface area contributed by atoms with Gasteiger partial charge in [0.05, 0.1) is 17.8 Å². The van der Waals surface area contributed by atoms with Crippen molar-refractivity contribution in [1.82, 2.24) is 25.4 Å². The molecule has 0 saturated carbocycles. The normalized spacial score (nSPS) is 12.9. The maximum absolute atomic E-state index is 12.7. The van der Waals surface area contributed by atoms with Crippen LogP contribution in [0, 0.1) is 5.92 Å². The Morgan fingerprint density at radius 1 is 1.00 bits per heavy atom. The van der Waals surface area contributed by atoms with Crippen LogP contribution in [0.3, 0.4) is 0 Å². The van der Waals surface area contributed by atoms with Crippen LogP contribution in [0.5, 0.6) is 0 Å². The zero-order valence-electron chi connectivity index (χ0n) is 19.1. The molecule has 2 atom stereocenters. The van der Waals surface area contributed by atoms with E-state index in [0.717, 1.165) is 5.56 Å². The number of thioether (sulfide) groups is 1. The first-order chi connectivity index (χ1) is 15.8. The summed E-state index contributed by atoms with van der Waals surface area (Å²) in [6, 6.07) is 16.1. The first kappa shape index (κ1) is 24.8.